The summed E-state index contributed by atoms with van der Waals surface area (Å²) in [7, 11) is 0. The van der Waals surface area contributed by atoms with Crippen molar-refractivity contribution in [2.75, 3.05) is 13.4 Å². The highest BCUT2D eigenvalue weighted by Crippen LogP contribution is 2.34. The Morgan fingerprint density at radius 1 is 1.24 bits per heavy atom. The zero-order valence-corrected chi connectivity index (χ0v) is 12.7. The number of nitrogens with zero attached hydrogens (tertiary/aromatic N) is 2. The van der Waals surface area contributed by atoms with Crippen molar-refractivity contribution in [2.24, 2.45) is 0 Å². The predicted octanol–water partition coefficient (Wildman–Crippen LogP) is 2.97. The maximum absolute atomic E-state index is 9.03. The number of benzene rings is 1. The summed E-state index contributed by atoms with van der Waals surface area (Å²) in [5.74, 6) is 0.597. The van der Waals surface area contributed by atoms with Crippen LogP contribution >= 0.6 is 11.6 Å². The van der Waals surface area contributed by atoms with Gasteiger partial charge in [-0.3, -0.25) is 0 Å². The Morgan fingerprint density at radius 2 is 2.05 bits per heavy atom. The SMILES string of the molecule is CCOCOc1cc(Cl)cc(C)c1-c1ccc(CO)nn1. The van der Waals surface area contributed by atoms with E-state index >= 15 is 0 Å². The van der Waals surface area contributed by atoms with Gasteiger partial charge in [-0.2, -0.15) is 10.2 Å². The topological polar surface area (TPSA) is 64.5 Å². The third-order valence-electron chi connectivity index (χ3n) is 2.90. The Hall–Kier alpha value is -1.69. The summed E-state index contributed by atoms with van der Waals surface area (Å²) >= 11 is 6.08. The van der Waals surface area contributed by atoms with Crippen molar-refractivity contribution in [3.63, 3.8) is 0 Å². The van der Waals surface area contributed by atoms with Crippen molar-refractivity contribution < 1.29 is 14.6 Å². The molecule has 0 aliphatic heterocycles. The van der Waals surface area contributed by atoms with Crippen LogP contribution in [0, 0.1) is 6.92 Å². The van der Waals surface area contributed by atoms with E-state index in [1.165, 1.54) is 0 Å². The maximum atomic E-state index is 9.03. The first-order valence-corrected chi connectivity index (χ1v) is 6.98. The monoisotopic (exact) mass is 308 g/mol. The van der Waals surface area contributed by atoms with Crippen LogP contribution in [0.1, 0.15) is 18.2 Å². The van der Waals surface area contributed by atoms with Crippen molar-refractivity contribution in [1.29, 1.82) is 0 Å². The minimum absolute atomic E-state index is 0.138. The van der Waals surface area contributed by atoms with Gasteiger partial charge in [-0.15, -0.1) is 0 Å². The molecule has 0 atom stereocenters. The molecule has 0 amide bonds. The second-order valence-electron chi connectivity index (χ2n) is 4.42. The van der Waals surface area contributed by atoms with Gasteiger partial charge in [-0.25, -0.2) is 0 Å². The lowest BCUT2D eigenvalue weighted by Gasteiger charge is -2.14. The minimum Gasteiger partial charge on any atom is -0.467 e. The van der Waals surface area contributed by atoms with Gasteiger partial charge in [-0.1, -0.05) is 11.6 Å². The molecule has 0 unspecified atom stereocenters. The largest absolute Gasteiger partial charge is 0.467 e. The lowest BCUT2D eigenvalue weighted by atomic mass is 10.0. The molecule has 0 aliphatic carbocycles. The van der Waals surface area contributed by atoms with E-state index < -0.39 is 0 Å². The van der Waals surface area contributed by atoms with Crippen LogP contribution in [0.25, 0.3) is 11.3 Å². The molecule has 2 aromatic rings. The van der Waals surface area contributed by atoms with E-state index in [-0.39, 0.29) is 13.4 Å². The number of hydrogen-bond acceptors (Lipinski definition) is 5. The summed E-state index contributed by atoms with van der Waals surface area (Å²) in [4.78, 5) is 0. The van der Waals surface area contributed by atoms with Gasteiger partial charge in [0.2, 0.25) is 0 Å². The molecule has 0 aliphatic rings. The summed E-state index contributed by atoms with van der Waals surface area (Å²) < 4.78 is 10.8. The van der Waals surface area contributed by atoms with Gasteiger partial charge in [-0.05, 0) is 43.7 Å². The van der Waals surface area contributed by atoms with Gasteiger partial charge < -0.3 is 14.6 Å². The summed E-state index contributed by atoms with van der Waals surface area (Å²) in [6, 6.07) is 7.08. The van der Waals surface area contributed by atoms with Crippen molar-refractivity contribution in [1.82, 2.24) is 10.2 Å². The standard InChI is InChI=1S/C15H17ClN2O3/c1-3-20-9-21-14-7-11(16)6-10(2)15(14)13-5-4-12(8-19)17-18-13/h4-7,19H,3,8-9H2,1-2H3. The van der Waals surface area contributed by atoms with E-state index in [0.717, 1.165) is 11.1 Å². The molecule has 0 radical (unpaired) electrons. The molecule has 0 saturated carbocycles. The highest BCUT2D eigenvalue weighted by molar-refractivity contribution is 6.31. The van der Waals surface area contributed by atoms with Crippen molar-refractivity contribution in [3.05, 3.63) is 40.5 Å². The number of rotatable bonds is 6. The normalized spacial score (nSPS) is 10.7. The summed E-state index contributed by atoms with van der Waals surface area (Å²) in [6.45, 7) is 4.40. The number of aliphatic hydroxyl groups is 1. The van der Waals surface area contributed by atoms with Gasteiger partial charge in [0.25, 0.3) is 0 Å². The molecular formula is C15H17ClN2O3. The fourth-order valence-electron chi connectivity index (χ4n) is 1.92. The van der Waals surface area contributed by atoms with E-state index in [9.17, 15) is 0 Å². The Bertz CT molecular complexity index is 603. The lowest BCUT2D eigenvalue weighted by molar-refractivity contribution is 0.0227. The zero-order valence-electron chi connectivity index (χ0n) is 12.0. The van der Waals surface area contributed by atoms with Gasteiger partial charge in [0, 0.05) is 17.2 Å². The number of halogens is 1. The molecule has 112 valence electrons. The number of ether oxygens (including phenoxy) is 2. The van der Waals surface area contributed by atoms with Crippen LogP contribution in [0.15, 0.2) is 24.3 Å². The maximum Gasteiger partial charge on any atom is 0.189 e. The molecule has 1 aromatic heterocycles. The molecule has 0 fully saturated rings. The van der Waals surface area contributed by atoms with Crippen LogP contribution in [0.5, 0.6) is 5.75 Å². The molecule has 1 N–H and O–H groups in total. The number of aliphatic hydroxyl groups excluding tert-OH is 1. The van der Waals surface area contributed by atoms with Crippen LogP contribution in [-0.2, 0) is 11.3 Å². The first kappa shape index (κ1) is 15.7. The molecule has 5 nitrogen and oxygen atoms in total. The molecule has 2 rings (SSSR count). The Kier molecular flexibility index (Phi) is 5.50. The number of hydrogen-bond donors (Lipinski definition) is 1. The average molecular weight is 309 g/mol. The van der Waals surface area contributed by atoms with Crippen molar-refractivity contribution >= 4 is 11.6 Å². The van der Waals surface area contributed by atoms with E-state index in [1.807, 2.05) is 19.9 Å². The molecule has 6 heteroatoms. The van der Waals surface area contributed by atoms with E-state index in [0.29, 0.717) is 28.8 Å². The first-order chi connectivity index (χ1) is 10.2. The summed E-state index contributed by atoms with van der Waals surface area (Å²) in [5.41, 5.74) is 2.92. The third-order valence-corrected chi connectivity index (χ3v) is 3.12. The van der Waals surface area contributed by atoms with Crippen LogP contribution < -0.4 is 4.74 Å². The highest BCUT2D eigenvalue weighted by atomic mass is 35.5. The van der Waals surface area contributed by atoms with E-state index in [2.05, 4.69) is 10.2 Å². The smallest absolute Gasteiger partial charge is 0.189 e. The van der Waals surface area contributed by atoms with Crippen LogP contribution in [0.3, 0.4) is 0 Å². The summed E-state index contributed by atoms with van der Waals surface area (Å²) in [6.07, 6.45) is 0. The van der Waals surface area contributed by atoms with E-state index in [1.54, 1.807) is 18.2 Å². The number of aryl methyl sites for hydroxylation is 1. The van der Waals surface area contributed by atoms with Crippen LogP contribution in [0.2, 0.25) is 5.02 Å². The Morgan fingerprint density at radius 3 is 2.67 bits per heavy atom. The van der Waals surface area contributed by atoms with Crippen LogP contribution in [-0.4, -0.2) is 28.7 Å². The van der Waals surface area contributed by atoms with Gasteiger partial charge >= 0.3 is 0 Å². The van der Waals surface area contributed by atoms with Gasteiger partial charge in [0.05, 0.1) is 18.0 Å². The molecule has 0 bridgehead atoms. The summed E-state index contributed by atoms with van der Waals surface area (Å²) in [5, 5.41) is 17.7. The average Bonchev–Trinajstić information content (AvgIpc) is 2.47. The second kappa shape index (κ2) is 7.36. The van der Waals surface area contributed by atoms with E-state index in [4.69, 9.17) is 26.2 Å². The quantitative estimate of drug-likeness (QED) is 0.656. The molecule has 1 heterocycles. The van der Waals surface area contributed by atoms with Gasteiger partial charge in [0.15, 0.2) is 6.79 Å². The molecule has 0 saturated heterocycles. The number of aromatic nitrogens is 2. The highest BCUT2D eigenvalue weighted by Gasteiger charge is 2.13. The Balaban J connectivity index is 2.39. The predicted molar refractivity (Wildman–Crippen MR) is 80.3 cm³/mol. The second-order valence-corrected chi connectivity index (χ2v) is 4.86. The van der Waals surface area contributed by atoms with Crippen molar-refractivity contribution in [3.8, 4) is 17.0 Å². The lowest BCUT2D eigenvalue weighted by Crippen LogP contribution is -2.04. The van der Waals surface area contributed by atoms with Gasteiger partial charge in [0.1, 0.15) is 5.75 Å². The van der Waals surface area contributed by atoms with Crippen molar-refractivity contribution in [2.45, 2.75) is 20.5 Å². The Labute approximate surface area is 128 Å². The minimum atomic E-state index is -0.138. The third kappa shape index (κ3) is 3.91. The molecule has 0 spiro atoms. The zero-order chi connectivity index (χ0) is 15.2. The first-order valence-electron chi connectivity index (χ1n) is 6.60. The molecular weight excluding hydrogens is 292 g/mol. The fourth-order valence-corrected chi connectivity index (χ4v) is 2.18. The molecule has 1 aromatic carbocycles. The van der Waals surface area contributed by atoms with Crippen LogP contribution in [0.4, 0.5) is 0 Å². The molecule has 21 heavy (non-hydrogen) atoms. The fraction of sp³-hybridized carbons (Fsp3) is 0.333.